The minimum Gasteiger partial charge on any atom is -0.351 e. The Morgan fingerprint density at radius 2 is 1.60 bits per heavy atom. The van der Waals surface area contributed by atoms with E-state index in [1.807, 2.05) is 30.3 Å². The van der Waals surface area contributed by atoms with Gasteiger partial charge in [-0.1, -0.05) is 36.4 Å². The second-order valence-electron chi connectivity index (χ2n) is 5.49. The van der Waals surface area contributed by atoms with Crippen molar-refractivity contribution in [2.24, 2.45) is 5.73 Å². The van der Waals surface area contributed by atoms with Crippen molar-refractivity contribution in [3.8, 4) is 0 Å². The SMILES string of the molecule is CC(=O)NC(CC(=O)Nc1cccc(NC(N)=O)c1)c1ccccc1. The fourth-order valence-electron chi connectivity index (χ4n) is 2.40. The molecule has 2 aromatic carbocycles. The maximum atomic E-state index is 12.3. The number of hydrogen-bond donors (Lipinski definition) is 4. The van der Waals surface area contributed by atoms with Gasteiger partial charge < -0.3 is 21.7 Å². The molecule has 4 amide bonds. The average molecular weight is 340 g/mol. The van der Waals surface area contributed by atoms with Crippen LogP contribution in [0.25, 0.3) is 0 Å². The second kappa shape index (κ2) is 8.49. The Morgan fingerprint density at radius 3 is 2.20 bits per heavy atom. The van der Waals surface area contributed by atoms with Crippen LogP contribution in [0.4, 0.5) is 16.2 Å². The zero-order valence-corrected chi connectivity index (χ0v) is 13.8. The van der Waals surface area contributed by atoms with E-state index in [9.17, 15) is 14.4 Å². The number of urea groups is 1. The molecule has 5 N–H and O–H groups in total. The Hall–Kier alpha value is -3.35. The van der Waals surface area contributed by atoms with E-state index in [4.69, 9.17) is 5.73 Å². The molecule has 0 aromatic heterocycles. The van der Waals surface area contributed by atoms with Crippen molar-refractivity contribution >= 4 is 29.2 Å². The first-order chi connectivity index (χ1) is 11.9. The maximum Gasteiger partial charge on any atom is 0.316 e. The molecular formula is C18H20N4O3. The van der Waals surface area contributed by atoms with Gasteiger partial charge >= 0.3 is 6.03 Å². The molecule has 25 heavy (non-hydrogen) atoms. The molecule has 1 atom stereocenters. The molecule has 0 aliphatic carbocycles. The van der Waals surface area contributed by atoms with Crippen molar-refractivity contribution in [1.82, 2.24) is 5.32 Å². The molecule has 0 spiro atoms. The lowest BCUT2D eigenvalue weighted by molar-refractivity contribution is -0.120. The molecule has 0 aliphatic heterocycles. The lowest BCUT2D eigenvalue weighted by atomic mass is 10.0. The molecule has 0 saturated heterocycles. The summed E-state index contributed by atoms with van der Waals surface area (Å²) in [7, 11) is 0. The van der Waals surface area contributed by atoms with Gasteiger partial charge in [0.15, 0.2) is 0 Å². The number of anilines is 2. The van der Waals surface area contributed by atoms with Gasteiger partial charge in [-0.25, -0.2) is 4.79 Å². The highest BCUT2D eigenvalue weighted by molar-refractivity contribution is 5.93. The van der Waals surface area contributed by atoms with Crippen molar-refractivity contribution in [2.45, 2.75) is 19.4 Å². The topological polar surface area (TPSA) is 113 Å². The van der Waals surface area contributed by atoms with Crippen LogP contribution in [-0.4, -0.2) is 17.8 Å². The quantitative estimate of drug-likeness (QED) is 0.647. The molecule has 130 valence electrons. The maximum absolute atomic E-state index is 12.3. The molecular weight excluding hydrogens is 320 g/mol. The van der Waals surface area contributed by atoms with Crippen molar-refractivity contribution in [3.05, 3.63) is 60.2 Å². The predicted octanol–water partition coefficient (Wildman–Crippen LogP) is 2.38. The summed E-state index contributed by atoms with van der Waals surface area (Å²) < 4.78 is 0. The number of carbonyl (C=O) groups excluding carboxylic acids is 3. The Bertz CT molecular complexity index is 762. The lowest BCUT2D eigenvalue weighted by Gasteiger charge is -2.18. The highest BCUT2D eigenvalue weighted by atomic mass is 16.2. The minimum atomic E-state index is -0.682. The number of carbonyl (C=O) groups is 3. The molecule has 0 heterocycles. The minimum absolute atomic E-state index is 0.0804. The van der Waals surface area contributed by atoms with Gasteiger partial charge in [-0.15, -0.1) is 0 Å². The highest BCUT2D eigenvalue weighted by Crippen LogP contribution is 2.19. The Kier molecular flexibility index (Phi) is 6.11. The summed E-state index contributed by atoms with van der Waals surface area (Å²) in [6.45, 7) is 1.41. The number of nitrogens with one attached hydrogen (secondary N) is 3. The standard InChI is InChI=1S/C18H20N4O3/c1-12(23)20-16(13-6-3-2-4-7-13)11-17(24)21-14-8-5-9-15(10-14)22-18(19)25/h2-10,16H,11H2,1H3,(H,20,23)(H,21,24)(H3,19,22,25). The fourth-order valence-corrected chi connectivity index (χ4v) is 2.40. The zero-order chi connectivity index (χ0) is 18.2. The van der Waals surface area contributed by atoms with Crippen LogP contribution in [-0.2, 0) is 9.59 Å². The van der Waals surface area contributed by atoms with Crippen LogP contribution in [0.2, 0.25) is 0 Å². The summed E-state index contributed by atoms with van der Waals surface area (Å²) in [6.07, 6.45) is 0.0804. The first-order valence-corrected chi connectivity index (χ1v) is 7.72. The van der Waals surface area contributed by atoms with Crippen LogP contribution in [0.3, 0.4) is 0 Å². The summed E-state index contributed by atoms with van der Waals surface area (Å²) in [6, 6.07) is 14.8. The van der Waals surface area contributed by atoms with E-state index in [2.05, 4.69) is 16.0 Å². The first-order valence-electron chi connectivity index (χ1n) is 7.72. The summed E-state index contributed by atoms with van der Waals surface area (Å²) >= 11 is 0. The smallest absolute Gasteiger partial charge is 0.316 e. The fraction of sp³-hybridized carbons (Fsp3) is 0.167. The van der Waals surface area contributed by atoms with E-state index in [1.165, 1.54) is 6.92 Å². The molecule has 0 radical (unpaired) electrons. The molecule has 7 heteroatoms. The van der Waals surface area contributed by atoms with Crippen molar-refractivity contribution in [3.63, 3.8) is 0 Å². The van der Waals surface area contributed by atoms with E-state index in [1.54, 1.807) is 24.3 Å². The molecule has 0 saturated carbocycles. The van der Waals surface area contributed by atoms with Crippen LogP contribution in [0.1, 0.15) is 24.9 Å². The Labute approximate surface area is 145 Å². The van der Waals surface area contributed by atoms with Gasteiger partial charge in [0.25, 0.3) is 0 Å². The summed E-state index contributed by atoms with van der Waals surface area (Å²) in [5.74, 6) is -0.479. The number of amides is 4. The predicted molar refractivity (Wildman–Crippen MR) is 95.9 cm³/mol. The van der Waals surface area contributed by atoms with E-state index in [0.717, 1.165) is 5.56 Å². The highest BCUT2D eigenvalue weighted by Gasteiger charge is 2.17. The van der Waals surface area contributed by atoms with Gasteiger partial charge in [0, 0.05) is 18.3 Å². The van der Waals surface area contributed by atoms with Crippen LogP contribution in [0, 0.1) is 0 Å². The van der Waals surface area contributed by atoms with Crippen molar-refractivity contribution in [1.29, 1.82) is 0 Å². The van der Waals surface area contributed by atoms with E-state index >= 15 is 0 Å². The van der Waals surface area contributed by atoms with E-state index < -0.39 is 12.1 Å². The van der Waals surface area contributed by atoms with Crippen LogP contribution >= 0.6 is 0 Å². The first kappa shape index (κ1) is 18.0. The number of nitrogens with two attached hydrogens (primary N) is 1. The van der Waals surface area contributed by atoms with Crippen LogP contribution in [0.5, 0.6) is 0 Å². The summed E-state index contributed by atoms with van der Waals surface area (Å²) in [5, 5.41) is 7.97. The Balaban J connectivity index is 2.06. The molecule has 2 rings (SSSR count). The van der Waals surface area contributed by atoms with E-state index in [-0.39, 0.29) is 18.2 Å². The normalized spacial score (nSPS) is 11.2. The summed E-state index contributed by atoms with van der Waals surface area (Å²) in [5.41, 5.74) is 6.92. The second-order valence-corrected chi connectivity index (χ2v) is 5.49. The van der Waals surface area contributed by atoms with Gasteiger partial charge in [-0.2, -0.15) is 0 Å². The van der Waals surface area contributed by atoms with Crippen molar-refractivity contribution in [2.75, 3.05) is 10.6 Å². The van der Waals surface area contributed by atoms with Crippen LogP contribution < -0.4 is 21.7 Å². The molecule has 0 bridgehead atoms. The number of primary amides is 1. The number of rotatable bonds is 6. The molecule has 7 nitrogen and oxygen atoms in total. The number of hydrogen-bond acceptors (Lipinski definition) is 3. The molecule has 0 aliphatic rings. The van der Waals surface area contributed by atoms with Gasteiger partial charge in [0.05, 0.1) is 12.5 Å². The zero-order valence-electron chi connectivity index (χ0n) is 13.8. The number of benzene rings is 2. The Morgan fingerprint density at radius 1 is 0.960 bits per heavy atom. The van der Waals surface area contributed by atoms with Crippen LogP contribution in [0.15, 0.2) is 54.6 Å². The van der Waals surface area contributed by atoms with Crippen molar-refractivity contribution < 1.29 is 14.4 Å². The van der Waals surface area contributed by atoms with Gasteiger partial charge in [0.2, 0.25) is 11.8 Å². The monoisotopic (exact) mass is 340 g/mol. The third-order valence-corrected chi connectivity index (χ3v) is 3.38. The molecule has 2 aromatic rings. The van der Waals surface area contributed by atoms with Gasteiger partial charge in [0.1, 0.15) is 0 Å². The molecule has 1 unspecified atom stereocenters. The lowest BCUT2D eigenvalue weighted by Crippen LogP contribution is -2.29. The van der Waals surface area contributed by atoms with Gasteiger partial charge in [-0.3, -0.25) is 9.59 Å². The van der Waals surface area contributed by atoms with E-state index in [0.29, 0.717) is 11.4 Å². The average Bonchev–Trinajstić information content (AvgIpc) is 2.54. The third kappa shape index (κ3) is 5.98. The summed E-state index contributed by atoms with van der Waals surface area (Å²) in [4.78, 5) is 34.6. The molecule has 0 fully saturated rings. The van der Waals surface area contributed by atoms with Gasteiger partial charge in [-0.05, 0) is 23.8 Å². The third-order valence-electron chi connectivity index (χ3n) is 3.38. The largest absolute Gasteiger partial charge is 0.351 e.